The van der Waals surface area contributed by atoms with E-state index < -0.39 is 15.9 Å². The third-order valence-electron chi connectivity index (χ3n) is 4.17. The molecular weight excluding hydrogens is 603 g/mol. The summed E-state index contributed by atoms with van der Waals surface area (Å²) in [5, 5.41) is 3.30. The lowest BCUT2D eigenvalue weighted by Crippen LogP contribution is -2.37. The van der Waals surface area contributed by atoms with Crippen molar-refractivity contribution in [1.29, 1.82) is 0 Å². The molecule has 5 nitrogen and oxygen atoms in total. The first-order valence-electron chi connectivity index (χ1n) is 8.79. The number of carbonyl (C=O) groups is 1. The fourth-order valence-electron chi connectivity index (χ4n) is 2.67. The maximum Gasteiger partial charge on any atom is 0.243 e. The van der Waals surface area contributed by atoms with Crippen molar-refractivity contribution < 1.29 is 13.2 Å². The molecule has 0 aliphatic carbocycles. The lowest BCUT2D eigenvalue weighted by atomic mass is 10.2. The lowest BCUT2D eigenvalue weighted by molar-refractivity contribution is -0.116. The van der Waals surface area contributed by atoms with E-state index in [2.05, 4.69) is 43.8 Å². The first kappa shape index (κ1) is 23.2. The summed E-state index contributed by atoms with van der Waals surface area (Å²) in [6.07, 6.45) is 0. The summed E-state index contributed by atoms with van der Waals surface area (Å²) in [7, 11) is -3.90. The molecule has 0 aromatic heterocycles. The Morgan fingerprint density at radius 3 is 2.17 bits per heavy atom. The molecule has 0 unspecified atom stereocenters. The first-order valence-corrected chi connectivity index (χ1v) is 12.5. The molecule has 0 aliphatic rings. The molecule has 0 radical (unpaired) electrons. The van der Waals surface area contributed by atoms with Crippen molar-refractivity contribution in [3.05, 3.63) is 91.4 Å². The fraction of sp³-hybridized carbons (Fsp3) is 0.0952. The molecule has 30 heavy (non-hydrogen) atoms. The Bertz CT molecular complexity index is 1120. The number of nitrogens with zero attached hydrogens (tertiary/aromatic N) is 1. The average molecular weight is 620 g/mol. The highest BCUT2D eigenvalue weighted by molar-refractivity contribution is 14.1. The predicted octanol–water partition coefficient (Wildman–Crippen LogP) is 5.54. The molecule has 1 N–H and O–H groups in total. The van der Waals surface area contributed by atoms with Gasteiger partial charge in [0.15, 0.2) is 0 Å². The van der Waals surface area contributed by atoms with Crippen molar-refractivity contribution in [3.8, 4) is 0 Å². The van der Waals surface area contributed by atoms with Gasteiger partial charge in [0.25, 0.3) is 0 Å². The zero-order chi connectivity index (χ0) is 21.7. The summed E-state index contributed by atoms with van der Waals surface area (Å²) in [6, 6.07) is 20.4. The van der Waals surface area contributed by atoms with Crippen LogP contribution < -0.4 is 5.32 Å². The molecule has 0 atom stereocenters. The van der Waals surface area contributed by atoms with E-state index in [-0.39, 0.29) is 18.0 Å². The molecule has 0 heterocycles. The van der Waals surface area contributed by atoms with Gasteiger partial charge in [-0.25, -0.2) is 8.42 Å². The molecule has 0 bridgehead atoms. The number of sulfonamides is 1. The molecule has 3 rings (SSSR count). The Labute approximate surface area is 202 Å². The Morgan fingerprint density at radius 1 is 0.967 bits per heavy atom. The maximum atomic E-state index is 13.3. The summed E-state index contributed by atoms with van der Waals surface area (Å²) in [5.41, 5.74) is 1.33. The molecule has 1 amide bonds. The molecule has 0 aliphatic heterocycles. The summed E-state index contributed by atoms with van der Waals surface area (Å²) >= 11 is 11.4. The van der Waals surface area contributed by atoms with Crippen molar-refractivity contribution in [2.45, 2.75) is 11.4 Å². The van der Waals surface area contributed by atoms with E-state index in [1.165, 1.54) is 12.1 Å². The molecule has 0 fully saturated rings. The quantitative estimate of drug-likeness (QED) is 0.354. The van der Waals surface area contributed by atoms with Crippen LogP contribution in [0, 0.1) is 3.57 Å². The second kappa shape index (κ2) is 10.2. The van der Waals surface area contributed by atoms with Crippen molar-refractivity contribution in [2.75, 3.05) is 11.9 Å². The highest BCUT2D eigenvalue weighted by atomic mass is 127. The Balaban J connectivity index is 1.86. The van der Waals surface area contributed by atoms with Crippen LogP contribution in [0.4, 0.5) is 5.69 Å². The second-order valence-corrected chi connectivity index (χ2v) is 10.9. The van der Waals surface area contributed by atoms with E-state index in [1.807, 2.05) is 12.1 Å². The van der Waals surface area contributed by atoms with E-state index in [0.29, 0.717) is 10.7 Å². The van der Waals surface area contributed by atoms with Crippen LogP contribution in [-0.4, -0.2) is 25.2 Å². The van der Waals surface area contributed by atoms with Gasteiger partial charge in [-0.15, -0.1) is 0 Å². The monoisotopic (exact) mass is 618 g/mol. The molecule has 9 heteroatoms. The van der Waals surface area contributed by atoms with E-state index in [0.717, 1.165) is 17.9 Å². The van der Waals surface area contributed by atoms with Gasteiger partial charge in [0, 0.05) is 25.3 Å². The number of amides is 1. The van der Waals surface area contributed by atoms with Gasteiger partial charge < -0.3 is 5.32 Å². The summed E-state index contributed by atoms with van der Waals surface area (Å²) in [5.74, 6) is -0.425. The second-order valence-electron chi connectivity index (χ2n) is 6.41. The number of anilines is 1. The number of halogens is 3. The largest absolute Gasteiger partial charge is 0.325 e. The van der Waals surface area contributed by atoms with Crippen LogP contribution in [0.1, 0.15) is 5.56 Å². The maximum absolute atomic E-state index is 13.3. The molecule has 0 saturated heterocycles. The molecule has 0 spiro atoms. The minimum Gasteiger partial charge on any atom is -0.325 e. The van der Waals surface area contributed by atoms with E-state index >= 15 is 0 Å². The Morgan fingerprint density at radius 2 is 1.57 bits per heavy atom. The van der Waals surface area contributed by atoms with Crippen LogP contribution >= 0.6 is 50.1 Å². The van der Waals surface area contributed by atoms with Crippen LogP contribution in [0.3, 0.4) is 0 Å². The number of nitrogens with one attached hydrogen (secondary N) is 1. The molecular formula is C21H17BrClIN2O3S. The summed E-state index contributed by atoms with van der Waals surface area (Å²) < 4.78 is 29.5. The van der Waals surface area contributed by atoms with Crippen LogP contribution in [0.15, 0.2) is 82.2 Å². The number of hydrogen-bond donors (Lipinski definition) is 1. The molecule has 0 saturated carbocycles. The normalized spacial score (nSPS) is 11.5. The van der Waals surface area contributed by atoms with Crippen LogP contribution in [-0.2, 0) is 21.4 Å². The molecule has 156 valence electrons. The molecule has 3 aromatic carbocycles. The van der Waals surface area contributed by atoms with E-state index in [1.54, 1.807) is 48.5 Å². The minimum atomic E-state index is -3.90. The summed E-state index contributed by atoms with van der Waals surface area (Å²) in [6.45, 7) is -0.289. The number of carbonyl (C=O) groups excluding carboxylic acids is 1. The van der Waals surface area contributed by atoms with Crippen molar-refractivity contribution in [2.24, 2.45) is 0 Å². The van der Waals surface area contributed by atoms with Crippen molar-refractivity contribution in [1.82, 2.24) is 4.31 Å². The highest BCUT2D eigenvalue weighted by Gasteiger charge is 2.27. The first-order chi connectivity index (χ1) is 14.2. The Kier molecular flexibility index (Phi) is 7.92. The van der Waals surface area contributed by atoms with Gasteiger partial charge in [-0.05, 0) is 88.8 Å². The standard InChI is InChI=1S/C21H17BrClIN2O3S/c22-16-3-11-20(12-4-16)30(28,29)26(13-15-1-5-17(23)6-2-15)14-21(27)25-19-9-7-18(24)8-10-19/h1-12H,13-14H2,(H,25,27). The van der Waals surface area contributed by atoms with E-state index in [9.17, 15) is 13.2 Å². The van der Waals surface area contributed by atoms with Gasteiger partial charge >= 0.3 is 0 Å². The number of rotatable bonds is 7. The minimum absolute atomic E-state index is 0.0374. The lowest BCUT2D eigenvalue weighted by Gasteiger charge is -2.22. The Hall–Kier alpha value is -1.46. The van der Waals surface area contributed by atoms with Crippen LogP contribution in [0.2, 0.25) is 5.02 Å². The smallest absolute Gasteiger partial charge is 0.243 e. The molecule has 3 aromatic rings. The van der Waals surface area contributed by atoms with Gasteiger partial charge in [-0.1, -0.05) is 39.7 Å². The topological polar surface area (TPSA) is 66.5 Å². The van der Waals surface area contributed by atoms with E-state index in [4.69, 9.17) is 11.6 Å². The van der Waals surface area contributed by atoms with Crippen LogP contribution in [0.5, 0.6) is 0 Å². The SMILES string of the molecule is O=C(CN(Cc1ccc(Cl)cc1)S(=O)(=O)c1ccc(Br)cc1)Nc1ccc(I)cc1. The predicted molar refractivity (Wildman–Crippen MR) is 131 cm³/mol. The summed E-state index contributed by atoms with van der Waals surface area (Å²) in [4.78, 5) is 12.7. The van der Waals surface area contributed by atoms with Gasteiger partial charge in [0.2, 0.25) is 15.9 Å². The number of benzene rings is 3. The third kappa shape index (κ3) is 6.27. The average Bonchev–Trinajstić information content (AvgIpc) is 2.71. The van der Waals surface area contributed by atoms with Gasteiger partial charge in [-0.2, -0.15) is 4.31 Å². The van der Waals surface area contributed by atoms with Crippen molar-refractivity contribution in [3.63, 3.8) is 0 Å². The van der Waals surface area contributed by atoms with Gasteiger partial charge in [-0.3, -0.25) is 4.79 Å². The highest BCUT2D eigenvalue weighted by Crippen LogP contribution is 2.22. The van der Waals surface area contributed by atoms with Crippen molar-refractivity contribution >= 4 is 71.7 Å². The zero-order valence-corrected chi connectivity index (χ0v) is 20.9. The number of hydrogen-bond acceptors (Lipinski definition) is 3. The van der Waals surface area contributed by atoms with Gasteiger partial charge in [0.1, 0.15) is 0 Å². The van der Waals surface area contributed by atoms with Crippen LogP contribution in [0.25, 0.3) is 0 Å². The fourth-order valence-corrected chi connectivity index (χ4v) is 4.80. The third-order valence-corrected chi connectivity index (χ3v) is 7.48. The zero-order valence-electron chi connectivity index (χ0n) is 15.6. The van der Waals surface area contributed by atoms with Gasteiger partial charge in [0.05, 0.1) is 11.4 Å².